The van der Waals surface area contributed by atoms with Crippen LogP contribution in [-0.2, 0) is 0 Å². The van der Waals surface area contributed by atoms with E-state index in [2.05, 4.69) is 31.9 Å². The highest BCUT2D eigenvalue weighted by Crippen LogP contribution is 2.28. The van der Waals surface area contributed by atoms with E-state index in [9.17, 15) is 0 Å². The van der Waals surface area contributed by atoms with Gasteiger partial charge in [0.05, 0.1) is 0 Å². The van der Waals surface area contributed by atoms with Crippen molar-refractivity contribution in [2.24, 2.45) is 5.92 Å². The SMILES string of the molecule is CCS[B]SCC1CCCC(NC(C)C)C1. The molecule has 1 nitrogen and oxygen atoms in total. The van der Waals surface area contributed by atoms with E-state index in [4.69, 9.17) is 0 Å². The Balaban J connectivity index is 2.12. The maximum Gasteiger partial charge on any atom is 0.267 e. The predicted molar refractivity (Wildman–Crippen MR) is 80.4 cm³/mol. The van der Waals surface area contributed by atoms with Gasteiger partial charge in [-0.15, -0.1) is 0 Å². The van der Waals surface area contributed by atoms with Gasteiger partial charge in [0, 0.05) is 12.1 Å². The van der Waals surface area contributed by atoms with Crippen LogP contribution in [-0.4, -0.2) is 29.4 Å². The first-order valence-corrected chi connectivity index (χ1v) is 8.63. The Hall–Kier alpha value is 0.725. The molecule has 1 aliphatic carbocycles. The second-order valence-electron chi connectivity index (χ2n) is 4.94. The fourth-order valence-corrected chi connectivity index (χ4v) is 4.18. The van der Waals surface area contributed by atoms with Crippen LogP contribution in [0.3, 0.4) is 0 Å². The minimum absolute atomic E-state index is 0.638. The minimum Gasteiger partial charge on any atom is -0.312 e. The quantitative estimate of drug-likeness (QED) is 0.554. The Kier molecular flexibility index (Phi) is 8.10. The first-order chi connectivity index (χ1) is 7.72. The Bertz CT molecular complexity index is 178. The summed E-state index contributed by atoms with van der Waals surface area (Å²) in [5.74, 6) is 5.78. The van der Waals surface area contributed by atoms with Gasteiger partial charge in [0.2, 0.25) is 0 Å². The molecule has 0 aromatic heterocycles. The monoisotopic (exact) mass is 258 g/mol. The fourth-order valence-electron chi connectivity index (χ4n) is 2.36. The number of rotatable bonds is 7. The van der Waals surface area contributed by atoms with Crippen LogP contribution in [0.4, 0.5) is 0 Å². The van der Waals surface area contributed by atoms with Crippen molar-refractivity contribution in [3.05, 3.63) is 0 Å². The zero-order valence-electron chi connectivity index (χ0n) is 10.9. The first-order valence-electron chi connectivity index (χ1n) is 6.53. The molecule has 2 unspecified atom stereocenters. The van der Waals surface area contributed by atoms with E-state index in [-0.39, 0.29) is 0 Å². The van der Waals surface area contributed by atoms with E-state index in [1.807, 2.05) is 23.2 Å². The molecular formula is C12H25BNS2. The van der Waals surface area contributed by atoms with E-state index in [0.717, 1.165) is 12.0 Å². The van der Waals surface area contributed by atoms with Crippen molar-refractivity contribution in [2.75, 3.05) is 11.5 Å². The second kappa shape index (κ2) is 8.76. The molecule has 1 rings (SSSR count). The number of nitrogens with one attached hydrogen (secondary N) is 1. The molecule has 0 heterocycles. The van der Waals surface area contributed by atoms with Crippen LogP contribution < -0.4 is 5.32 Å². The van der Waals surface area contributed by atoms with Gasteiger partial charge in [0.15, 0.2) is 0 Å². The highest BCUT2D eigenvalue weighted by atomic mass is 32.2. The van der Waals surface area contributed by atoms with Crippen molar-refractivity contribution in [1.29, 1.82) is 0 Å². The molecule has 4 heteroatoms. The third-order valence-corrected chi connectivity index (χ3v) is 5.07. The van der Waals surface area contributed by atoms with Gasteiger partial charge in [-0.25, -0.2) is 23.2 Å². The largest absolute Gasteiger partial charge is 0.312 e. The molecule has 0 aliphatic heterocycles. The summed E-state index contributed by atoms with van der Waals surface area (Å²) in [6.45, 7) is 6.72. The van der Waals surface area contributed by atoms with Gasteiger partial charge in [-0.05, 0) is 36.7 Å². The van der Waals surface area contributed by atoms with Crippen molar-refractivity contribution < 1.29 is 0 Å². The van der Waals surface area contributed by atoms with Gasteiger partial charge in [0.1, 0.15) is 0 Å². The fraction of sp³-hybridized carbons (Fsp3) is 1.00. The molecule has 1 aliphatic rings. The molecular weight excluding hydrogens is 233 g/mol. The highest BCUT2D eigenvalue weighted by molar-refractivity contribution is 8.50. The maximum atomic E-state index is 3.69. The van der Waals surface area contributed by atoms with Gasteiger partial charge in [-0.1, -0.05) is 27.2 Å². The lowest BCUT2D eigenvalue weighted by Gasteiger charge is -2.31. The Morgan fingerprint density at radius 1 is 1.31 bits per heavy atom. The maximum absolute atomic E-state index is 3.69. The number of hydrogen-bond donors (Lipinski definition) is 1. The standard InChI is InChI=1S/C12H25BNS2/c1-4-15-13-16-9-11-6-5-7-12(8-11)14-10(2)3/h10-12,14H,4-9H2,1-3H3. The predicted octanol–water partition coefficient (Wildman–Crippen LogP) is 3.56. The minimum atomic E-state index is 0.638. The van der Waals surface area contributed by atoms with E-state index < -0.39 is 0 Å². The average Bonchev–Trinajstić information content (AvgIpc) is 2.24. The van der Waals surface area contributed by atoms with E-state index in [0.29, 0.717) is 6.04 Å². The van der Waals surface area contributed by atoms with Crippen LogP contribution in [0.2, 0.25) is 0 Å². The molecule has 1 radical (unpaired) electrons. The number of hydrogen-bond acceptors (Lipinski definition) is 3. The molecule has 16 heavy (non-hydrogen) atoms. The molecule has 0 bridgehead atoms. The summed E-state index contributed by atoms with van der Waals surface area (Å²) in [5.41, 5.74) is 0. The highest BCUT2D eigenvalue weighted by Gasteiger charge is 2.21. The van der Waals surface area contributed by atoms with Gasteiger partial charge < -0.3 is 5.32 Å². The van der Waals surface area contributed by atoms with Crippen molar-refractivity contribution >= 4 is 29.1 Å². The van der Waals surface area contributed by atoms with Crippen LogP contribution in [0, 0.1) is 5.92 Å². The summed E-state index contributed by atoms with van der Waals surface area (Å²) in [7, 11) is 0. The van der Waals surface area contributed by atoms with Crippen molar-refractivity contribution in [1.82, 2.24) is 5.32 Å². The Morgan fingerprint density at radius 3 is 2.81 bits per heavy atom. The Morgan fingerprint density at radius 2 is 2.12 bits per heavy atom. The molecule has 0 amide bonds. The molecule has 93 valence electrons. The Labute approximate surface area is 110 Å². The van der Waals surface area contributed by atoms with Gasteiger partial charge >= 0.3 is 0 Å². The molecule has 1 fully saturated rings. The van der Waals surface area contributed by atoms with Gasteiger partial charge in [0.25, 0.3) is 5.84 Å². The lowest BCUT2D eigenvalue weighted by Crippen LogP contribution is -2.38. The van der Waals surface area contributed by atoms with Crippen LogP contribution in [0.5, 0.6) is 0 Å². The van der Waals surface area contributed by atoms with Crippen LogP contribution >= 0.6 is 23.2 Å². The average molecular weight is 258 g/mol. The molecule has 2 atom stereocenters. The van der Waals surface area contributed by atoms with E-state index >= 15 is 0 Å². The normalized spacial score (nSPS) is 26.0. The second-order valence-corrected chi connectivity index (χ2v) is 7.28. The zero-order valence-corrected chi connectivity index (χ0v) is 12.5. The molecule has 1 N–H and O–H groups in total. The summed E-state index contributed by atoms with van der Waals surface area (Å²) in [5, 5.41) is 3.69. The topological polar surface area (TPSA) is 12.0 Å². The molecule has 0 spiro atoms. The molecule has 1 saturated carbocycles. The molecule has 0 aromatic carbocycles. The molecule has 0 aromatic rings. The summed E-state index contributed by atoms with van der Waals surface area (Å²) < 4.78 is 0. The molecule has 0 saturated heterocycles. The van der Waals surface area contributed by atoms with Gasteiger partial charge in [-0.2, -0.15) is 0 Å². The van der Waals surface area contributed by atoms with E-state index in [1.54, 1.807) is 0 Å². The van der Waals surface area contributed by atoms with Crippen LogP contribution in [0.15, 0.2) is 0 Å². The summed E-state index contributed by atoms with van der Waals surface area (Å²) in [6, 6.07) is 1.41. The lowest BCUT2D eigenvalue weighted by atomic mass is 9.86. The summed E-state index contributed by atoms with van der Waals surface area (Å²) >= 11 is 3.95. The van der Waals surface area contributed by atoms with Crippen molar-refractivity contribution in [3.8, 4) is 0 Å². The summed E-state index contributed by atoms with van der Waals surface area (Å²) in [6.07, 6.45) is 5.62. The van der Waals surface area contributed by atoms with Crippen molar-refractivity contribution in [2.45, 2.75) is 58.5 Å². The summed E-state index contributed by atoms with van der Waals surface area (Å²) in [4.78, 5) is 0. The van der Waals surface area contributed by atoms with E-state index in [1.165, 1.54) is 37.2 Å². The first kappa shape index (κ1) is 14.8. The van der Waals surface area contributed by atoms with Crippen molar-refractivity contribution in [3.63, 3.8) is 0 Å². The smallest absolute Gasteiger partial charge is 0.267 e. The van der Waals surface area contributed by atoms with Crippen LogP contribution in [0.1, 0.15) is 46.5 Å². The third kappa shape index (κ3) is 6.46. The van der Waals surface area contributed by atoms with Crippen LogP contribution in [0.25, 0.3) is 0 Å². The van der Waals surface area contributed by atoms with Gasteiger partial charge in [-0.3, -0.25) is 0 Å². The zero-order chi connectivity index (χ0) is 11.8. The lowest BCUT2D eigenvalue weighted by molar-refractivity contribution is 0.292. The third-order valence-electron chi connectivity index (χ3n) is 2.99.